The van der Waals surface area contributed by atoms with E-state index >= 15 is 0 Å². The van der Waals surface area contributed by atoms with E-state index in [1.807, 2.05) is 0 Å². The number of imide groups is 1. The SMILES string of the molecule is CCC1(c2ccc(F)cc2)NC(=O)N(CC(=O)NCCc2ccc(OC(F)F)cc2)C1=O. The highest BCUT2D eigenvalue weighted by Crippen LogP contribution is 2.32. The molecule has 1 saturated heterocycles. The summed E-state index contributed by atoms with van der Waals surface area (Å²) in [6, 6.07) is 10.6. The Morgan fingerprint density at radius 2 is 1.78 bits per heavy atom. The molecule has 2 N–H and O–H groups in total. The zero-order valence-electron chi connectivity index (χ0n) is 17.2. The molecule has 1 aliphatic heterocycles. The van der Waals surface area contributed by atoms with Crippen molar-refractivity contribution in [2.45, 2.75) is 31.9 Å². The Hall–Kier alpha value is -3.56. The molecule has 170 valence electrons. The molecule has 1 fully saturated rings. The van der Waals surface area contributed by atoms with Crippen LogP contribution in [0.2, 0.25) is 0 Å². The number of rotatable bonds is 9. The van der Waals surface area contributed by atoms with Gasteiger partial charge in [0.15, 0.2) is 0 Å². The van der Waals surface area contributed by atoms with Gasteiger partial charge in [-0.2, -0.15) is 8.78 Å². The molecule has 7 nitrogen and oxygen atoms in total. The Morgan fingerprint density at radius 3 is 2.38 bits per heavy atom. The third-order valence-electron chi connectivity index (χ3n) is 5.23. The molecular formula is C22H22F3N3O4. The number of benzene rings is 2. The molecule has 4 amide bonds. The number of ether oxygens (including phenoxy) is 1. The van der Waals surface area contributed by atoms with Gasteiger partial charge in [0, 0.05) is 6.54 Å². The number of hydrogen-bond donors (Lipinski definition) is 2. The smallest absolute Gasteiger partial charge is 0.387 e. The van der Waals surface area contributed by atoms with Crippen LogP contribution in [0.1, 0.15) is 24.5 Å². The van der Waals surface area contributed by atoms with E-state index in [2.05, 4.69) is 15.4 Å². The summed E-state index contributed by atoms with van der Waals surface area (Å²) in [5.74, 6) is -1.55. The van der Waals surface area contributed by atoms with Crippen molar-refractivity contribution in [3.05, 3.63) is 65.5 Å². The van der Waals surface area contributed by atoms with Crippen molar-refractivity contribution >= 4 is 17.8 Å². The molecule has 1 aliphatic rings. The lowest BCUT2D eigenvalue weighted by Gasteiger charge is -2.25. The van der Waals surface area contributed by atoms with Crippen LogP contribution in [0.25, 0.3) is 0 Å². The summed E-state index contributed by atoms with van der Waals surface area (Å²) in [6.45, 7) is -1.44. The maximum absolute atomic E-state index is 13.3. The lowest BCUT2D eigenvalue weighted by molar-refractivity contribution is -0.135. The molecule has 0 saturated carbocycles. The van der Waals surface area contributed by atoms with Crippen LogP contribution in [0.15, 0.2) is 48.5 Å². The van der Waals surface area contributed by atoms with Crippen molar-refractivity contribution < 1.29 is 32.3 Å². The van der Waals surface area contributed by atoms with Crippen LogP contribution >= 0.6 is 0 Å². The standard InChI is InChI=1S/C22H22F3N3O4/c1-2-22(15-5-7-16(23)8-6-15)19(30)28(21(31)27-22)13-18(29)26-12-11-14-3-9-17(10-4-14)32-20(24)25/h3-10,20H,2,11-13H2,1H3,(H,26,29)(H,27,31). The highest BCUT2D eigenvalue weighted by atomic mass is 19.3. The van der Waals surface area contributed by atoms with Crippen molar-refractivity contribution in [3.63, 3.8) is 0 Å². The second-order valence-corrected chi connectivity index (χ2v) is 7.21. The molecule has 1 heterocycles. The van der Waals surface area contributed by atoms with E-state index < -0.39 is 42.4 Å². The molecule has 0 aliphatic carbocycles. The van der Waals surface area contributed by atoms with Gasteiger partial charge in [0.25, 0.3) is 5.91 Å². The highest BCUT2D eigenvalue weighted by Gasteiger charge is 2.51. The van der Waals surface area contributed by atoms with E-state index in [9.17, 15) is 27.6 Å². The van der Waals surface area contributed by atoms with Crippen LogP contribution in [0, 0.1) is 5.82 Å². The van der Waals surface area contributed by atoms with Gasteiger partial charge in [0.1, 0.15) is 23.7 Å². The zero-order valence-corrected chi connectivity index (χ0v) is 17.2. The number of nitrogens with zero attached hydrogens (tertiary/aromatic N) is 1. The predicted molar refractivity (Wildman–Crippen MR) is 108 cm³/mol. The molecule has 2 aromatic rings. The van der Waals surface area contributed by atoms with Gasteiger partial charge < -0.3 is 15.4 Å². The number of nitrogens with one attached hydrogen (secondary N) is 2. The van der Waals surface area contributed by atoms with Gasteiger partial charge in [-0.05, 0) is 48.2 Å². The zero-order chi connectivity index (χ0) is 23.3. The average molecular weight is 449 g/mol. The number of alkyl halides is 2. The Labute approximate surface area is 182 Å². The molecule has 1 unspecified atom stereocenters. The summed E-state index contributed by atoms with van der Waals surface area (Å²) in [5, 5.41) is 5.25. The molecule has 0 aromatic heterocycles. The van der Waals surface area contributed by atoms with Crippen LogP contribution in [0.4, 0.5) is 18.0 Å². The Kier molecular flexibility index (Phi) is 7.01. The normalized spacial score (nSPS) is 18.1. The van der Waals surface area contributed by atoms with Gasteiger partial charge in [-0.15, -0.1) is 0 Å². The number of carbonyl (C=O) groups excluding carboxylic acids is 3. The summed E-state index contributed by atoms with van der Waals surface area (Å²) in [5.41, 5.74) is -0.141. The van der Waals surface area contributed by atoms with E-state index in [0.29, 0.717) is 12.0 Å². The molecule has 32 heavy (non-hydrogen) atoms. The molecule has 0 spiro atoms. The lowest BCUT2D eigenvalue weighted by atomic mass is 9.87. The maximum Gasteiger partial charge on any atom is 0.387 e. The quantitative estimate of drug-likeness (QED) is 0.577. The number of hydrogen-bond acceptors (Lipinski definition) is 4. The fraction of sp³-hybridized carbons (Fsp3) is 0.318. The van der Waals surface area contributed by atoms with E-state index in [0.717, 1.165) is 10.5 Å². The Morgan fingerprint density at radius 1 is 1.12 bits per heavy atom. The molecule has 3 rings (SSSR count). The first kappa shape index (κ1) is 23.1. The second-order valence-electron chi connectivity index (χ2n) is 7.21. The highest BCUT2D eigenvalue weighted by molar-refractivity contribution is 6.09. The third kappa shape index (κ3) is 5.01. The summed E-state index contributed by atoms with van der Waals surface area (Å²) in [4.78, 5) is 38.5. The monoisotopic (exact) mass is 449 g/mol. The van der Waals surface area contributed by atoms with Crippen molar-refractivity contribution in [2.24, 2.45) is 0 Å². The molecule has 0 radical (unpaired) electrons. The average Bonchev–Trinajstić information content (AvgIpc) is 3.00. The van der Waals surface area contributed by atoms with Crippen molar-refractivity contribution in [3.8, 4) is 5.75 Å². The van der Waals surface area contributed by atoms with Crippen molar-refractivity contribution in [2.75, 3.05) is 13.1 Å². The third-order valence-corrected chi connectivity index (χ3v) is 5.23. The molecule has 1 atom stereocenters. The summed E-state index contributed by atoms with van der Waals surface area (Å²) >= 11 is 0. The van der Waals surface area contributed by atoms with Gasteiger partial charge in [-0.25, -0.2) is 9.18 Å². The van der Waals surface area contributed by atoms with Crippen LogP contribution in [0.3, 0.4) is 0 Å². The number of halogens is 3. The molecule has 10 heteroatoms. The summed E-state index contributed by atoms with van der Waals surface area (Å²) in [6.07, 6.45) is 0.641. The Balaban J connectivity index is 1.56. The van der Waals surface area contributed by atoms with E-state index in [1.54, 1.807) is 19.1 Å². The minimum Gasteiger partial charge on any atom is -0.435 e. The summed E-state index contributed by atoms with van der Waals surface area (Å²) < 4.78 is 41.9. The number of urea groups is 1. The predicted octanol–water partition coefficient (Wildman–Crippen LogP) is 2.94. The minimum absolute atomic E-state index is 0.0342. The van der Waals surface area contributed by atoms with Gasteiger partial charge in [0.05, 0.1) is 0 Å². The maximum atomic E-state index is 13.3. The fourth-order valence-electron chi connectivity index (χ4n) is 3.53. The first-order chi connectivity index (χ1) is 15.2. The fourth-order valence-corrected chi connectivity index (χ4v) is 3.53. The van der Waals surface area contributed by atoms with Crippen LogP contribution in [0.5, 0.6) is 5.75 Å². The molecule has 0 bridgehead atoms. The largest absolute Gasteiger partial charge is 0.435 e. The topological polar surface area (TPSA) is 87.7 Å². The first-order valence-electron chi connectivity index (χ1n) is 9.96. The lowest BCUT2D eigenvalue weighted by Crippen LogP contribution is -2.45. The van der Waals surface area contributed by atoms with Crippen LogP contribution < -0.4 is 15.4 Å². The van der Waals surface area contributed by atoms with E-state index in [1.165, 1.54) is 36.4 Å². The van der Waals surface area contributed by atoms with Crippen molar-refractivity contribution in [1.29, 1.82) is 0 Å². The van der Waals surface area contributed by atoms with Crippen LogP contribution in [-0.2, 0) is 21.5 Å². The summed E-state index contributed by atoms with van der Waals surface area (Å²) in [7, 11) is 0. The van der Waals surface area contributed by atoms with Gasteiger partial charge in [-0.3, -0.25) is 14.5 Å². The van der Waals surface area contributed by atoms with Crippen LogP contribution in [-0.4, -0.2) is 42.4 Å². The van der Waals surface area contributed by atoms with Gasteiger partial charge in [0.2, 0.25) is 5.91 Å². The van der Waals surface area contributed by atoms with Gasteiger partial charge in [-0.1, -0.05) is 31.2 Å². The minimum atomic E-state index is -2.90. The van der Waals surface area contributed by atoms with Gasteiger partial charge >= 0.3 is 12.6 Å². The van der Waals surface area contributed by atoms with E-state index in [-0.39, 0.29) is 18.7 Å². The number of carbonyl (C=O) groups is 3. The molecule has 2 aromatic carbocycles. The van der Waals surface area contributed by atoms with E-state index in [4.69, 9.17) is 0 Å². The molecular weight excluding hydrogens is 427 g/mol. The number of amides is 4. The second kappa shape index (κ2) is 9.71. The van der Waals surface area contributed by atoms with Crippen molar-refractivity contribution in [1.82, 2.24) is 15.5 Å². The first-order valence-corrected chi connectivity index (χ1v) is 9.96. The Bertz CT molecular complexity index is 983.